The topological polar surface area (TPSA) is 15.3 Å². The molecular weight excluding hydrogens is 300 g/mol. The molecule has 1 aromatic rings. The number of rotatable bonds is 6. The standard InChI is InChI=1S/C17H27ClN2S/c1-3-8-19-16(11-15-6-7-17(18)21-15)12-9-13-4-5-14(10-12)20(13)2/h6-7,12-14,16,19H,3-5,8-11H2,1-2H3. The van der Waals surface area contributed by atoms with Gasteiger partial charge in [-0.2, -0.15) is 0 Å². The van der Waals surface area contributed by atoms with Crippen molar-refractivity contribution < 1.29 is 0 Å². The van der Waals surface area contributed by atoms with Crippen molar-refractivity contribution in [1.82, 2.24) is 10.2 Å². The van der Waals surface area contributed by atoms with Crippen LogP contribution in [-0.4, -0.2) is 36.6 Å². The molecule has 1 N–H and O–H groups in total. The lowest BCUT2D eigenvalue weighted by molar-refractivity contribution is 0.112. The van der Waals surface area contributed by atoms with Gasteiger partial charge in [-0.15, -0.1) is 11.3 Å². The highest BCUT2D eigenvalue weighted by atomic mass is 35.5. The molecular formula is C17H27ClN2S. The maximum absolute atomic E-state index is 6.10. The molecule has 2 bridgehead atoms. The van der Waals surface area contributed by atoms with Crippen LogP contribution in [0.3, 0.4) is 0 Å². The zero-order valence-corrected chi connectivity index (χ0v) is 14.7. The number of fused-ring (bicyclic) bond motifs is 2. The fourth-order valence-corrected chi connectivity index (χ4v) is 5.34. The number of hydrogen-bond donors (Lipinski definition) is 1. The predicted octanol–water partition coefficient (Wildman–Crippen LogP) is 4.19. The highest BCUT2D eigenvalue weighted by Crippen LogP contribution is 2.39. The van der Waals surface area contributed by atoms with Gasteiger partial charge in [-0.05, 0) is 70.2 Å². The van der Waals surface area contributed by atoms with Crippen molar-refractivity contribution >= 4 is 22.9 Å². The molecule has 3 rings (SSSR count). The largest absolute Gasteiger partial charge is 0.313 e. The Morgan fingerprint density at radius 1 is 1.33 bits per heavy atom. The van der Waals surface area contributed by atoms with Crippen molar-refractivity contribution in [3.05, 3.63) is 21.3 Å². The third kappa shape index (κ3) is 3.64. The lowest BCUT2D eigenvalue weighted by Gasteiger charge is -2.40. The molecule has 0 spiro atoms. The normalized spacial score (nSPS) is 30.7. The number of piperidine rings is 1. The van der Waals surface area contributed by atoms with Crippen LogP contribution < -0.4 is 5.32 Å². The minimum atomic E-state index is 0.622. The summed E-state index contributed by atoms with van der Waals surface area (Å²) < 4.78 is 0.919. The van der Waals surface area contributed by atoms with Crippen LogP contribution in [0.4, 0.5) is 0 Å². The number of halogens is 1. The van der Waals surface area contributed by atoms with Crippen LogP contribution in [0.5, 0.6) is 0 Å². The highest BCUT2D eigenvalue weighted by Gasteiger charge is 2.40. The smallest absolute Gasteiger partial charge is 0.0931 e. The summed E-state index contributed by atoms with van der Waals surface area (Å²) in [6.45, 7) is 3.38. The van der Waals surface area contributed by atoms with Crippen LogP contribution in [0.2, 0.25) is 4.34 Å². The Bertz CT molecular complexity index is 447. The molecule has 1 aromatic heterocycles. The Morgan fingerprint density at radius 3 is 2.62 bits per heavy atom. The van der Waals surface area contributed by atoms with E-state index in [9.17, 15) is 0 Å². The van der Waals surface area contributed by atoms with Gasteiger partial charge in [-0.1, -0.05) is 18.5 Å². The van der Waals surface area contributed by atoms with E-state index in [0.717, 1.165) is 35.3 Å². The zero-order valence-electron chi connectivity index (χ0n) is 13.1. The number of thiophene rings is 1. The van der Waals surface area contributed by atoms with Crippen LogP contribution in [0.15, 0.2) is 12.1 Å². The molecule has 2 nitrogen and oxygen atoms in total. The summed E-state index contributed by atoms with van der Waals surface area (Å²) in [5, 5.41) is 3.83. The monoisotopic (exact) mass is 326 g/mol. The average Bonchev–Trinajstić information content (AvgIpc) is 2.94. The zero-order chi connectivity index (χ0) is 14.8. The molecule has 2 aliphatic rings. The lowest BCUT2D eigenvalue weighted by atomic mass is 9.83. The Labute approximate surface area is 137 Å². The third-order valence-corrected chi connectivity index (χ3v) is 6.66. The number of nitrogens with one attached hydrogen (secondary N) is 1. The van der Waals surface area contributed by atoms with Crippen molar-refractivity contribution in [2.45, 2.75) is 63.6 Å². The van der Waals surface area contributed by atoms with Crippen molar-refractivity contribution in [2.75, 3.05) is 13.6 Å². The van der Waals surface area contributed by atoms with Crippen LogP contribution in [0.25, 0.3) is 0 Å². The summed E-state index contributed by atoms with van der Waals surface area (Å²) >= 11 is 7.85. The average molecular weight is 327 g/mol. The molecule has 3 heterocycles. The Balaban J connectivity index is 1.67. The minimum Gasteiger partial charge on any atom is -0.313 e. The first kappa shape index (κ1) is 15.8. The van der Waals surface area contributed by atoms with Gasteiger partial charge in [0, 0.05) is 23.0 Å². The minimum absolute atomic E-state index is 0.622. The summed E-state index contributed by atoms with van der Waals surface area (Å²) in [5.74, 6) is 0.825. The van der Waals surface area contributed by atoms with E-state index in [1.54, 1.807) is 11.3 Å². The maximum atomic E-state index is 6.10. The fourth-order valence-electron chi connectivity index (χ4n) is 4.20. The molecule has 4 heteroatoms. The van der Waals surface area contributed by atoms with Crippen molar-refractivity contribution in [1.29, 1.82) is 0 Å². The molecule has 2 fully saturated rings. The van der Waals surface area contributed by atoms with E-state index in [2.05, 4.69) is 30.3 Å². The van der Waals surface area contributed by atoms with Crippen molar-refractivity contribution in [3.63, 3.8) is 0 Å². The van der Waals surface area contributed by atoms with Crippen LogP contribution in [0.1, 0.15) is 43.9 Å². The molecule has 0 radical (unpaired) electrons. The maximum Gasteiger partial charge on any atom is 0.0931 e. The first-order valence-corrected chi connectivity index (χ1v) is 9.56. The van der Waals surface area contributed by atoms with E-state index in [4.69, 9.17) is 11.6 Å². The van der Waals surface area contributed by atoms with Gasteiger partial charge in [-0.25, -0.2) is 0 Å². The Kier molecular flexibility index (Phi) is 5.26. The summed E-state index contributed by atoms with van der Waals surface area (Å²) in [6, 6.07) is 6.52. The molecule has 0 saturated carbocycles. The van der Waals surface area contributed by atoms with Crippen LogP contribution >= 0.6 is 22.9 Å². The number of nitrogens with zero attached hydrogens (tertiary/aromatic N) is 1. The molecule has 3 atom stereocenters. The summed E-state index contributed by atoms with van der Waals surface area (Å²) in [4.78, 5) is 4.06. The molecule has 2 saturated heterocycles. The second-order valence-corrected chi connectivity index (χ2v) is 8.55. The van der Waals surface area contributed by atoms with Crippen LogP contribution in [0, 0.1) is 5.92 Å². The van der Waals surface area contributed by atoms with Gasteiger partial charge in [0.1, 0.15) is 0 Å². The molecule has 0 aromatic carbocycles. The first-order valence-electron chi connectivity index (χ1n) is 8.37. The van der Waals surface area contributed by atoms with Gasteiger partial charge in [-0.3, -0.25) is 0 Å². The van der Waals surface area contributed by atoms with Crippen LogP contribution in [-0.2, 0) is 6.42 Å². The fraction of sp³-hybridized carbons (Fsp3) is 0.765. The SMILES string of the molecule is CCCNC(Cc1ccc(Cl)s1)C1CC2CCC(C1)N2C. The van der Waals surface area contributed by atoms with Gasteiger partial charge >= 0.3 is 0 Å². The molecule has 118 valence electrons. The van der Waals surface area contributed by atoms with E-state index in [1.165, 1.54) is 37.0 Å². The quantitative estimate of drug-likeness (QED) is 0.843. The van der Waals surface area contributed by atoms with Gasteiger partial charge in [0.15, 0.2) is 0 Å². The van der Waals surface area contributed by atoms with Gasteiger partial charge in [0.25, 0.3) is 0 Å². The predicted molar refractivity (Wildman–Crippen MR) is 92.4 cm³/mol. The van der Waals surface area contributed by atoms with Crippen molar-refractivity contribution in [2.24, 2.45) is 5.92 Å². The Hall–Kier alpha value is -0.0900. The second kappa shape index (κ2) is 6.99. The highest BCUT2D eigenvalue weighted by molar-refractivity contribution is 7.16. The van der Waals surface area contributed by atoms with E-state index in [0.29, 0.717) is 6.04 Å². The van der Waals surface area contributed by atoms with E-state index >= 15 is 0 Å². The van der Waals surface area contributed by atoms with E-state index in [1.807, 2.05) is 6.07 Å². The second-order valence-electron chi connectivity index (χ2n) is 6.75. The molecule has 3 unspecified atom stereocenters. The Morgan fingerprint density at radius 2 is 2.05 bits per heavy atom. The molecule has 2 aliphatic heterocycles. The van der Waals surface area contributed by atoms with E-state index < -0.39 is 0 Å². The first-order chi connectivity index (χ1) is 10.2. The molecule has 0 amide bonds. The van der Waals surface area contributed by atoms with Gasteiger partial charge < -0.3 is 10.2 Å². The van der Waals surface area contributed by atoms with Crippen molar-refractivity contribution in [3.8, 4) is 0 Å². The van der Waals surface area contributed by atoms with Gasteiger partial charge in [0.05, 0.1) is 4.34 Å². The summed E-state index contributed by atoms with van der Waals surface area (Å²) in [6.07, 6.45) is 7.90. The van der Waals surface area contributed by atoms with E-state index in [-0.39, 0.29) is 0 Å². The third-order valence-electron chi connectivity index (χ3n) is 5.41. The molecule has 21 heavy (non-hydrogen) atoms. The molecule has 0 aliphatic carbocycles. The lowest BCUT2D eigenvalue weighted by Crippen LogP contribution is -2.48. The summed E-state index contributed by atoms with van der Waals surface area (Å²) in [5.41, 5.74) is 0. The number of hydrogen-bond acceptors (Lipinski definition) is 3. The summed E-state index contributed by atoms with van der Waals surface area (Å²) in [7, 11) is 2.33. The van der Waals surface area contributed by atoms with Gasteiger partial charge in [0.2, 0.25) is 0 Å².